The standard InChI is InChI=1S/C15H24N2O2/c1-15(2,16)9-8-14(19)17(10-11-18)12-13-6-4-3-5-7-13/h3-7,18H,8-12,16H2,1-2H3. The maximum absolute atomic E-state index is 12.1. The van der Waals surface area contributed by atoms with E-state index in [1.807, 2.05) is 44.2 Å². The van der Waals surface area contributed by atoms with E-state index >= 15 is 0 Å². The van der Waals surface area contributed by atoms with Crippen molar-refractivity contribution < 1.29 is 9.90 Å². The first-order chi connectivity index (χ1) is 8.92. The van der Waals surface area contributed by atoms with E-state index in [-0.39, 0.29) is 18.1 Å². The van der Waals surface area contributed by atoms with Crippen LogP contribution in [0, 0.1) is 0 Å². The molecule has 0 spiro atoms. The summed E-state index contributed by atoms with van der Waals surface area (Å²) in [5, 5.41) is 9.07. The highest BCUT2D eigenvalue weighted by Crippen LogP contribution is 2.11. The molecule has 0 saturated carbocycles. The monoisotopic (exact) mass is 264 g/mol. The second-order valence-electron chi connectivity index (χ2n) is 5.51. The Morgan fingerprint density at radius 1 is 1.32 bits per heavy atom. The second kappa shape index (κ2) is 7.26. The van der Waals surface area contributed by atoms with Gasteiger partial charge in [-0.25, -0.2) is 0 Å². The number of aliphatic hydroxyl groups is 1. The van der Waals surface area contributed by atoms with Crippen LogP contribution in [0.15, 0.2) is 30.3 Å². The summed E-state index contributed by atoms with van der Waals surface area (Å²) in [6.07, 6.45) is 1.05. The molecule has 1 rings (SSSR count). The van der Waals surface area contributed by atoms with Gasteiger partial charge in [0.25, 0.3) is 0 Å². The maximum atomic E-state index is 12.1. The fourth-order valence-electron chi connectivity index (χ4n) is 1.80. The fourth-order valence-corrected chi connectivity index (χ4v) is 1.80. The zero-order valence-electron chi connectivity index (χ0n) is 11.8. The lowest BCUT2D eigenvalue weighted by Crippen LogP contribution is -2.37. The summed E-state index contributed by atoms with van der Waals surface area (Å²) in [6, 6.07) is 9.79. The van der Waals surface area contributed by atoms with Gasteiger partial charge < -0.3 is 15.7 Å². The Labute approximate surface area is 115 Å². The van der Waals surface area contributed by atoms with Crippen molar-refractivity contribution in [3.05, 3.63) is 35.9 Å². The van der Waals surface area contributed by atoms with Gasteiger partial charge in [0.05, 0.1) is 6.61 Å². The van der Waals surface area contributed by atoms with Gasteiger partial charge in [-0.2, -0.15) is 0 Å². The smallest absolute Gasteiger partial charge is 0.223 e. The first-order valence-corrected chi connectivity index (χ1v) is 6.64. The Morgan fingerprint density at radius 3 is 2.47 bits per heavy atom. The molecule has 0 unspecified atom stereocenters. The number of hydrogen-bond donors (Lipinski definition) is 2. The molecule has 0 radical (unpaired) electrons. The van der Waals surface area contributed by atoms with Crippen molar-refractivity contribution in [1.29, 1.82) is 0 Å². The molecule has 0 aliphatic carbocycles. The van der Waals surface area contributed by atoms with Crippen molar-refractivity contribution >= 4 is 5.91 Å². The van der Waals surface area contributed by atoms with Crippen molar-refractivity contribution in [3.8, 4) is 0 Å². The van der Waals surface area contributed by atoms with Gasteiger partial charge >= 0.3 is 0 Å². The predicted molar refractivity (Wildman–Crippen MR) is 76.4 cm³/mol. The number of carbonyl (C=O) groups excluding carboxylic acids is 1. The third-order valence-corrected chi connectivity index (χ3v) is 2.92. The summed E-state index contributed by atoms with van der Waals surface area (Å²) < 4.78 is 0. The Bertz CT molecular complexity index is 385. The Kier molecular flexibility index (Phi) is 5.99. The number of carbonyl (C=O) groups is 1. The molecule has 0 aliphatic rings. The quantitative estimate of drug-likeness (QED) is 0.784. The molecule has 0 aliphatic heterocycles. The lowest BCUT2D eigenvalue weighted by Gasteiger charge is -2.24. The number of aliphatic hydroxyl groups excluding tert-OH is 1. The zero-order chi connectivity index (χ0) is 14.3. The number of nitrogens with zero attached hydrogens (tertiary/aromatic N) is 1. The molecule has 106 valence electrons. The van der Waals surface area contributed by atoms with Gasteiger partial charge in [-0.15, -0.1) is 0 Å². The minimum absolute atomic E-state index is 0.0232. The van der Waals surface area contributed by atoms with Gasteiger partial charge in [0.1, 0.15) is 0 Å². The average Bonchev–Trinajstić information content (AvgIpc) is 2.36. The summed E-state index contributed by atoms with van der Waals surface area (Å²) in [6.45, 7) is 4.69. The molecule has 1 aromatic rings. The van der Waals surface area contributed by atoms with Crippen molar-refractivity contribution in [1.82, 2.24) is 4.90 Å². The molecular weight excluding hydrogens is 240 g/mol. The summed E-state index contributed by atoms with van der Waals surface area (Å²) in [5.74, 6) is 0.0384. The van der Waals surface area contributed by atoms with Gasteiger partial charge in [0.2, 0.25) is 5.91 Å². The molecule has 19 heavy (non-hydrogen) atoms. The molecule has 0 atom stereocenters. The van der Waals surface area contributed by atoms with Gasteiger partial charge in [-0.3, -0.25) is 4.79 Å². The third-order valence-electron chi connectivity index (χ3n) is 2.92. The highest BCUT2D eigenvalue weighted by atomic mass is 16.3. The van der Waals surface area contributed by atoms with Crippen LogP contribution in [0.5, 0.6) is 0 Å². The van der Waals surface area contributed by atoms with Crippen LogP contribution < -0.4 is 5.73 Å². The van der Waals surface area contributed by atoms with E-state index < -0.39 is 0 Å². The highest BCUT2D eigenvalue weighted by Gasteiger charge is 2.17. The topological polar surface area (TPSA) is 66.6 Å². The summed E-state index contributed by atoms with van der Waals surface area (Å²) in [4.78, 5) is 13.8. The molecule has 0 saturated heterocycles. The normalized spacial score (nSPS) is 11.4. The maximum Gasteiger partial charge on any atom is 0.223 e. The van der Waals surface area contributed by atoms with E-state index in [4.69, 9.17) is 10.8 Å². The minimum atomic E-state index is -0.340. The Morgan fingerprint density at radius 2 is 1.95 bits per heavy atom. The second-order valence-corrected chi connectivity index (χ2v) is 5.51. The number of nitrogens with two attached hydrogens (primary N) is 1. The largest absolute Gasteiger partial charge is 0.395 e. The number of hydrogen-bond acceptors (Lipinski definition) is 3. The van der Waals surface area contributed by atoms with Crippen molar-refractivity contribution in [3.63, 3.8) is 0 Å². The number of amides is 1. The molecule has 1 amide bonds. The third kappa shape index (κ3) is 6.36. The minimum Gasteiger partial charge on any atom is -0.395 e. The number of benzene rings is 1. The number of rotatable bonds is 7. The molecule has 0 heterocycles. The SMILES string of the molecule is CC(C)(N)CCC(=O)N(CCO)Cc1ccccc1. The van der Waals surface area contributed by atoms with Crippen LogP contribution in [-0.4, -0.2) is 34.6 Å². The molecule has 4 nitrogen and oxygen atoms in total. The zero-order valence-corrected chi connectivity index (χ0v) is 11.8. The van der Waals surface area contributed by atoms with Crippen molar-refractivity contribution in [2.75, 3.05) is 13.2 Å². The average molecular weight is 264 g/mol. The summed E-state index contributed by atoms with van der Waals surface area (Å²) in [5.41, 5.74) is 6.62. The van der Waals surface area contributed by atoms with Gasteiger partial charge in [-0.05, 0) is 25.8 Å². The molecule has 1 aromatic carbocycles. The van der Waals surface area contributed by atoms with Crippen LogP contribution in [0.2, 0.25) is 0 Å². The van der Waals surface area contributed by atoms with Gasteiger partial charge in [0, 0.05) is 25.0 Å². The Hall–Kier alpha value is -1.39. The van der Waals surface area contributed by atoms with Crippen LogP contribution in [0.1, 0.15) is 32.3 Å². The lowest BCUT2D eigenvalue weighted by atomic mass is 9.99. The van der Waals surface area contributed by atoms with E-state index in [9.17, 15) is 4.79 Å². The van der Waals surface area contributed by atoms with E-state index in [0.717, 1.165) is 5.56 Å². The Balaban J connectivity index is 2.59. The van der Waals surface area contributed by atoms with E-state index in [1.54, 1.807) is 4.90 Å². The first kappa shape index (κ1) is 15.7. The van der Waals surface area contributed by atoms with Crippen LogP contribution >= 0.6 is 0 Å². The highest BCUT2D eigenvalue weighted by molar-refractivity contribution is 5.76. The van der Waals surface area contributed by atoms with Crippen LogP contribution in [0.4, 0.5) is 0 Å². The molecular formula is C15H24N2O2. The summed E-state index contributed by atoms with van der Waals surface area (Å²) in [7, 11) is 0. The molecule has 0 aromatic heterocycles. The summed E-state index contributed by atoms with van der Waals surface area (Å²) >= 11 is 0. The van der Waals surface area contributed by atoms with Crippen LogP contribution in [0.25, 0.3) is 0 Å². The molecule has 0 bridgehead atoms. The fraction of sp³-hybridized carbons (Fsp3) is 0.533. The first-order valence-electron chi connectivity index (χ1n) is 6.64. The van der Waals surface area contributed by atoms with Gasteiger partial charge in [0.15, 0.2) is 0 Å². The van der Waals surface area contributed by atoms with Gasteiger partial charge in [-0.1, -0.05) is 30.3 Å². The molecule has 4 heteroatoms. The van der Waals surface area contributed by atoms with E-state index in [1.165, 1.54) is 0 Å². The molecule has 3 N–H and O–H groups in total. The van der Waals surface area contributed by atoms with Crippen molar-refractivity contribution in [2.24, 2.45) is 5.73 Å². The predicted octanol–water partition coefficient (Wildman–Crippen LogP) is 1.52. The van der Waals surface area contributed by atoms with Crippen LogP contribution in [0.3, 0.4) is 0 Å². The lowest BCUT2D eigenvalue weighted by molar-refractivity contribution is -0.132. The van der Waals surface area contributed by atoms with E-state index in [0.29, 0.717) is 25.9 Å². The van der Waals surface area contributed by atoms with Crippen molar-refractivity contribution in [2.45, 2.75) is 38.8 Å². The molecule has 0 fully saturated rings. The van der Waals surface area contributed by atoms with Crippen LogP contribution in [-0.2, 0) is 11.3 Å². The van der Waals surface area contributed by atoms with E-state index in [2.05, 4.69) is 0 Å².